The second-order valence-corrected chi connectivity index (χ2v) is 10.3. The molecule has 1 unspecified atom stereocenters. The second-order valence-electron chi connectivity index (χ2n) is 9.84. The molecule has 1 atom stereocenters. The van der Waals surface area contributed by atoms with E-state index in [1.54, 1.807) is 11.0 Å². The van der Waals surface area contributed by atoms with Crippen LogP contribution in [0.3, 0.4) is 0 Å². The van der Waals surface area contributed by atoms with Crippen LogP contribution in [0.15, 0.2) is 72.8 Å². The van der Waals surface area contributed by atoms with Gasteiger partial charge in [-0.3, -0.25) is 9.59 Å². The van der Waals surface area contributed by atoms with E-state index in [-0.39, 0.29) is 31.0 Å². The molecule has 0 aliphatic heterocycles. The fraction of sp³-hybridized carbons (Fsp3) is 0.355. The van der Waals surface area contributed by atoms with Gasteiger partial charge >= 0.3 is 0 Å². The summed E-state index contributed by atoms with van der Waals surface area (Å²) in [4.78, 5) is 29.1. The molecule has 1 fully saturated rings. The highest BCUT2D eigenvalue weighted by atomic mass is 35.5. The van der Waals surface area contributed by atoms with Crippen LogP contribution in [-0.2, 0) is 22.6 Å². The Hall–Kier alpha value is -3.31. The molecule has 1 aliphatic rings. The summed E-state index contributed by atoms with van der Waals surface area (Å²) < 4.78 is 5.91. The van der Waals surface area contributed by atoms with Crippen LogP contribution < -0.4 is 10.1 Å². The van der Waals surface area contributed by atoms with Crippen LogP contribution in [0.2, 0.25) is 5.02 Å². The smallest absolute Gasteiger partial charge is 0.261 e. The van der Waals surface area contributed by atoms with Crippen molar-refractivity contribution in [3.63, 3.8) is 0 Å². The summed E-state index contributed by atoms with van der Waals surface area (Å²) in [5.41, 5.74) is 4.03. The second kappa shape index (κ2) is 12.8. The van der Waals surface area contributed by atoms with Crippen molar-refractivity contribution in [3.05, 3.63) is 100 Å². The molecule has 0 radical (unpaired) electrons. The van der Waals surface area contributed by atoms with E-state index in [1.807, 2.05) is 80.6 Å². The van der Waals surface area contributed by atoms with Crippen LogP contribution in [-0.4, -0.2) is 35.4 Å². The summed E-state index contributed by atoms with van der Waals surface area (Å²) in [5.74, 6) is 0.229. The molecule has 3 aromatic rings. The molecule has 3 aromatic carbocycles. The first-order valence-electron chi connectivity index (χ1n) is 13.0. The van der Waals surface area contributed by atoms with Gasteiger partial charge in [-0.25, -0.2) is 0 Å². The standard InChI is InChI=1S/C31H35ClN2O3/c1-22-16-17-27(18-23(22)2)37-21-30(35)34(20-25-12-6-9-15-28(25)32)29(19-24-10-4-3-5-11-24)31(36)33-26-13-7-8-14-26/h3-6,9-12,15-18,26,29H,7-8,13-14,19-21H2,1-2H3,(H,33,36). The van der Waals surface area contributed by atoms with E-state index in [9.17, 15) is 9.59 Å². The maximum absolute atomic E-state index is 13.7. The molecule has 1 saturated carbocycles. The number of aryl methyl sites for hydroxylation is 2. The van der Waals surface area contributed by atoms with Gasteiger partial charge in [-0.1, -0.05) is 79.0 Å². The number of benzene rings is 3. The van der Waals surface area contributed by atoms with Crippen molar-refractivity contribution in [2.45, 2.75) is 64.6 Å². The number of amides is 2. The van der Waals surface area contributed by atoms with Crippen molar-refractivity contribution in [2.75, 3.05) is 6.61 Å². The van der Waals surface area contributed by atoms with E-state index >= 15 is 0 Å². The summed E-state index contributed by atoms with van der Waals surface area (Å²) in [6.07, 6.45) is 4.57. The maximum Gasteiger partial charge on any atom is 0.261 e. The monoisotopic (exact) mass is 518 g/mol. The van der Waals surface area contributed by atoms with Gasteiger partial charge in [0.15, 0.2) is 6.61 Å². The quantitative estimate of drug-likeness (QED) is 0.356. The van der Waals surface area contributed by atoms with E-state index in [1.165, 1.54) is 0 Å². The third kappa shape index (κ3) is 7.36. The number of nitrogens with one attached hydrogen (secondary N) is 1. The van der Waals surface area contributed by atoms with E-state index in [4.69, 9.17) is 16.3 Å². The predicted molar refractivity (Wildman–Crippen MR) is 148 cm³/mol. The molecule has 1 aliphatic carbocycles. The van der Waals surface area contributed by atoms with E-state index in [2.05, 4.69) is 5.32 Å². The van der Waals surface area contributed by atoms with Crippen LogP contribution in [0, 0.1) is 13.8 Å². The van der Waals surface area contributed by atoms with Crippen LogP contribution in [0.1, 0.15) is 47.9 Å². The molecule has 0 spiro atoms. The Morgan fingerprint density at radius 1 is 0.973 bits per heavy atom. The molecule has 4 rings (SSSR count). The van der Waals surface area contributed by atoms with E-state index in [0.29, 0.717) is 17.2 Å². The molecular weight excluding hydrogens is 484 g/mol. The van der Waals surface area contributed by atoms with Gasteiger partial charge in [0.25, 0.3) is 5.91 Å². The third-order valence-corrected chi connectivity index (χ3v) is 7.48. The Kier molecular flexibility index (Phi) is 9.24. The summed E-state index contributed by atoms with van der Waals surface area (Å²) in [6.45, 7) is 4.09. The number of ether oxygens (including phenoxy) is 1. The summed E-state index contributed by atoms with van der Waals surface area (Å²) in [5, 5.41) is 3.78. The lowest BCUT2D eigenvalue weighted by Crippen LogP contribution is -2.53. The molecule has 5 nitrogen and oxygen atoms in total. The average molecular weight is 519 g/mol. The highest BCUT2D eigenvalue weighted by Crippen LogP contribution is 2.23. The molecule has 2 amide bonds. The Bertz CT molecular complexity index is 1210. The first kappa shape index (κ1) is 26.7. The summed E-state index contributed by atoms with van der Waals surface area (Å²) >= 11 is 6.49. The minimum absolute atomic E-state index is 0.137. The first-order chi connectivity index (χ1) is 17.9. The van der Waals surface area contributed by atoms with Crippen LogP contribution >= 0.6 is 11.6 Å². The van der Waals surface area contributed by atoms with Crippen LogP contribution in [0.5, 0.6) is 5.75 Å². The van der Waals surface area contributed by atoms with E-state index in [0.717, 1.165) is 47.9 Å². The summed E-state index contributed by atoms with van der Waals surface area (Å²) in [7, 11) is 0. The molecule has 37 heavy (non-hydrogen) atoms. The van der Waals surface area contributed by atoms with Crippen molar-refractivity contribution < 1.29 is 14.3 Å². The number of carbonyl (C=O) groups is 2. The van der Waals surface area contributed by atoms with Gasteiger partial charge in [-0.15, -0.1) is 0 Å². The number of carbonyl (C=O) groups excluding carboxylic acids is 2. The van der Waals surface area contributed by atoms with Gasteiger partial charge in [0.2, 0.25) is 5.91 Å². The fourth-order valence-corrected chi connectivity index (χ4v) is 4.96. The van der Waals surface area contributed by atoms with Crippen molar-refractivity contribution in [1.29, 1.82) is 0 Å². The van der Waals surface area contributed by atoms with E-state index < -0.39 is 6.04 Å². The lowest BCUT2D eigenvalue weighted by atomic mass is 10.0. The van der Waals surface area contributed by atoms with Crippen molar-refractivity contribution in [1.82, 2.24) is 10.2 Å². The lowest BCUT2D eigenvalue weighted by Gasteiger charge is -2.32. The highest BCUT2D eigenvalue weighted by Gasteiger charge is 2.32. The first-order valence-corrected chi connectivity index (χ1v) is 13.4. The fourth-order valence-electron chi connectivity index (χ4n) is 4.76. The zero-order valence-corrected chi connectivity index (χ0v) is 22.3. The Balaban J connectivity index is 1.62. The lowest BCUT2D eigenvalue weighted by molar-refractivity contribution is -0.143. The van der Waals surface area contributed by atoms with Crippen molar-refractivity contribution >= 4 is 23.4 Å². The van der Waals surface area contributed by atoms with Gasteiger partial charge in [-0.05, 0) is 67.1 Å². The molecule has 1 N–H and O–H groups in total. The molecule has 0 aromatic heterocycles. The molecule has 0 saturated heterocycles. The minimum Gasteiger partial charge on any atom is -0.484 e. The topological polar surface area (TPSA) is 58.6 Å². The maximum atomic E-state index is 13.7. The number of halogens is 1. The molecule has 0 heterocycles. The van der Waals surface area contributed by atoms with Crippen LogP contribution in [0.4, 0.5) is 0 Å². The summed E-state index contributed by atoms with van der Waals surface area (Å²) in [6, 6.07) is 22.5. The zero-order valence-electron chi connectivity index (χ0n) is 21.6. The van der Waals surface area contributed by atoms with Crippen molar-refractivity contribution in [3.8, 4) is 5.75 Å². The van der Waals surface area contributed by atoms with Crippen LogP contribution in [0.25, 0.3) is 0 Å². The Labute approximate surface area is 224 Å². The largest absolute Gasteiger partial charge is 0.484 e. The highest BCUT2D eigenvalue weighted by molar-refractivity contribution is 6.31. The number of hydrogen-bond donors (Lipinski definition) is 1. The number of hydrogen-bond acceptors (Lipinski definition) is 3. The number of nitrogens with zero attached hydrogens (tertiary/aromatic N) is 1. The third-order valence-electron chi connectivity index (χ3n) is 7.11. The minimum atomic E-state index is -0.699. The molecule has 6 heteroatoms. The van der Waals surface area contributed by atoms with Crippen molar-refractivity contribution in [2.24, 2.45) is 0 Å². The van der Waals surface area contributed by atoms with Gasteiger partial charge in [-0.2, -0.15) is 0 Å². The predicted octanol–water partition coefficient (Wildman–Crippen LogP) is 6.03. The Morgan fingerprint density at radius 3 is 2.38 bits per heavy atom. The molecule has 0 bridgehead atoms. The van der Waals surface area contributed by atoms with Gasteiger partial charge in [0, 0.05) is 24.0 Å². The van der Waals surface area contributed by atoms with Gasteiger partial charge in [0.1, 0.15) is 11.8 Å². The normalized spacial score (nSPS) is 14.2. The molecule has 194 valence electrons. The SMILES string of the molecule is Cc1ccc(OCC(=O)N(Cc2ccccc2Cl)C(Cc2ccccc2)C(=O)NC2CCCC2)cc1C. The number of rotatable bonds is 10. The molecular formula is C31H35ClN2O3. The Morgan fingerprint density at radius 2 is 1.68 bits per heavy atom. The van der Waals surface area contributed by atoms with Gasteiger partial charge in [0.05, 0.1) is 0 Å². The average Bonchev–Trinajstić information content (AvgIpc) is 3.41. The van der Waals surface area contributed by atoms with Gasteiger partial charge < -0.3 is 15.0 Å². The zero-order chi connectivity index (χ0) is 26.2.